The number of thioether (sulfide) groups is 1. The van der Waals surface area contributed by atoms with Crippen LogP contribution in [-0.2, 0) is 4.74 Å². The fourth-order valence-corrected chi connectivity index (χ4v) is 2.55. The van der Waals surface area contributed by atoms with Crippen molar-refractivity contribution in [3.8, 4) is 0 Å². The molecular weight excluding hydrogens is 228 g/mol. The number of hydrogen-bond donors (Lipinski definition) is 0. The van der Waals surface area contributed by atoms with E-state index in [1.54, 1.807) is 7.11 Å². The van der Waals surface area contributed by atoms with Crippen LogP contribution in [0.25, 0.3) is 0 Å². The highest BCUT2D eigenvalue weighted by Crippen LogP contribution is 2.30. The first-order valence-corrected chi connectivity index (χ1v) is 7.22. The Morgan fingerprint density at radius 2 is 1.94 bits per heavy atom. The molecule has 0 saturated carbocycles. The van der Waals surface area contributed by atoms with Crippen molar-refractivity contribution in [2.24, 2.45) is 5.41 Å². The molecule has 0 aliphatic rings. The van der Waals surface area contributed by atoms with Crippen molar-refractivity contribution in [3.63, 3.8) is 0 Å². The molecule has 0 aromatic carbocycles. The van der Waals surface area contributed by atoms with Gasteiger partial charge in [-0.3, -0.25) is 0 Å². The van der Waals surface area contributed by atoms with Crippen molar-refractivity contribution in [1.82, 2.24) is 0 Å². The summed E-state index contributed by atoms with van der Waals surface area (Å²) in [4.78, 5) is 0. The number of hydrogen-bond acceptors (Lipinski definition) is 2. The molecule has 0 aromatic rings. The maximum atomic E-state index is 5.19. The minimum absolute atomic E-state index is 0.329. The molecule has 98 valence electrons. The molecule has 1 nitrogen and oxygen atoms in total. The lowest BCUT2D eigenvalue weighted by molar-refractivity contribution is 0.306. The Hall–Kier alpha value is -0.630. The molecule has 0 heterocycles. The van der Waals surface area contributed by atoms with Gasteiger partial charge >= 0.3 is 0 Å². The highest BCUT2D eigenvalue weighted by atomic mass is 32.2. The van der Waals surface area contributed by atoms with Gasteiger partial charge < -0.3 is 4.74 Å². The van der Waals surface area contributed by atoms with Crippen molar-refractivity contribution >= 4 is 11.8 Å². The molecule has 0 N–H and O–H groups in total. The summed E-state index contributed by atoms with van der Waals surface area (Å²) in [5, 5.41) is 0.473. The molecule has 0 aliphatic carbocycles. The fourth-order valence-electron chi connectivity index (χ4n) is 1.50. The van der Waals surface area contributed by atoms with E-state index in [1.165, 1.54) is 0 Å². The molecule has 0 amide bonds. The zero-order valence-corrected chi connectivity index (χ0v) is 12.9. The third-order valence-corrected chi connectivity index (χ3v) is 3.52. The van der Waals surface area contributed by atoms with E-state index < -0.39 is 0 Å². The van der Waals surface area contributed by atoms with Gasteiger partial charge in [-0.05, 0) is 42.7 Å². The Labute approximate surface area is 111 Å². The Morgan fingerprint density at radius 3 is 2.29 bits per heavy atom. The van der Waals surface area contributed by atoms with Crippen molar-refractivity contribution in [2.75, 3.05) is 13.4 Å². The van der Waals surface area contributed by atoms with Crippen LogP contribution in [0.4, 0.5) is 0 Å². The predicted molar refractivity (Wildman–Crippen MR) is 80.4 cm³/mol. The molecule has 17 heavy (non-hydrogen) atoms. The molecule has 1 unspecified atom stereocenters. The van der Waals surface area contributed by atoms with Gasteiger partial charge in [0.05, 0.1) is 7.11 Å². The van der Waals surface area contributed by atoms with Crippen molar-refractivity contribution in [1.29, 1.82) is 0 Å². The lowest BCUT2D eigenvalue weighted by atomic mass is 9.88. The van der Waals surface area contributed by atoms with Crippen LogP contribution in [0.5, 0.6) is 0 Å². The molecule has 1 atom stereocenters. The van der Waals surface area contributed by atoms with Gasteiger partial charge in [0.25, 0.3) is 0 Å². The highest BCUT2D eigenvalue weighted by molar-refractivity contribution is 7.99. The van der Waals surface area contributed by atoms with Crippen LogP contribution in [0.15, 0.2) is 36.1 Å². The fraction of sp³-hybridized carbons (Fsp3) is 0.600. The molecule has 0 radical (unpaired) electrons. The topological polar surface area (TPSA) is 9.23 Å². The van der Waals surface area contributed by atoms with Crippen LogP contribution in [0.2, 0.25) is 0 Å². The molecule has 0 saturated heterocycles. The second-order valence-corrected chi connectivity index (χ2v) is 6.33. The summed E-state index contributed by atoms with van der Waals surface area (Å²) in [6, 6.07) is 0. The minimum Gasteiger partial charge on any atom is -0.497 e. The van der Waals surface area contributed by atoms with Gasteiger partial charge in [0.1, 0.15) is 5.76 Å². The van der Waals surface area contributed by atoms with E-state index in [2.05, 4.69) is 39.7 Å². The summed E-state index contributed by atoms with van der Waals surface area (Å²) >= 11 is 1.86. The van der Waals surface area contributed by atoms with E-state index in [1.807, 2.05) is 30.8 Å². The van der Waals surface area contributed by atoms with Gasteiger partial charge in [-0.1, -0.05) is 33.4 Å². The molecule has 0 rings (SSSR count). The Morgan fingerprint density at radius 1 is 1.35 bits per heavy atom. The monoisotopic (exact) mass is 254 g/mol. The highest BCUT2D eigenvalue weighted by Gasteiger charge is 2.19. The second kappa shape index (κ2) is 7.65. The number of rotatable bonds is 6. The molecule has 2 heteroatoms. The second-order valence-electron chi connectivity index (χ2n) is 5.29. The lowest BCUT2D eigenvalue weighted by Crippen LogP contribution is -2.15. The Kier molecular flexibility index (Phi) is 7.37. The third kappa shape index (κ3) is 7.32. The van der Waals surface area contributed by atoms with Crippen LogP contribution < -0.4 is 0 Å². The van der Waals surface area contributed by atoms with Crippen LogP contribution in [0.3, 0.4) is 0 Å². The zero-order chi connectivity index (χ0) is 13.5. The minimum atomic E-state index is 0.329. The molecule has 0 aliphatic heterocycles. The van der Waals surface area contributed by atoms with Gasteiger partial charge in [-0.2, -0.15) is 11.8 Å². The Bertz CT molecular complexity index is 295. The normalized spacial score (nSPS) is 15.1. The van der Waals surface area contributed by atoms with Gasteiger partial charge in [0.15, 0.2) is 0 Å². The van der Waals surface area contributed by atoms with Gasteiger partial charge in [0, 0.05) is 5.25 Å². The molecule has 0 aromatic heterocycles. The molecule has 0 fully saturated rings. The summed E-state index contributed by atoms with van der Waals surface area (Å²) in [5.74, 6) is 0.877. The van der Waals surface area contributed by atoms with Gasteiger partial charge in [0.2, 0.25) is 0 Å². The zero-order valence-electron chi connectivity index (χ0n) is 12.0. The average Bonchev–Trinajstić information content (AvgIpc) is 2.25. The molecule has 0 bridgehead atoms. The van der Waals surface area contributed by atoms with E-state index in [0.29, 0.717) is 10.7 Å². The number of methoxy groups -OCH3 is 1. The van der Waals surface area contributed by atoms with Crippen LogP contribution >= 0.6 is 11.8 Å². The summed E-state index contributed by atoms with van der Waals surface area (Å²) in [6.45, 7) is 12.9. The lowest BCUT2D eigenvalue weighted by Gasteiger charge is -2.25. The largest absolute Gasteiger partial charge is 0.497 e. The number of allylic oxidation sites excluding steroid dienone is 3. The summed E-state index contributed by atoms with van der Waals surface area (Å²) in [6.07, 6.45) is 9.26. The number of ether oxygens (including phenoxy) is 1. The smallest absolute Gasteiger partial charge is 0.114 e. The maximum absolute atomic E-state index is 5.19. The van der Waals surface area contributed by atoms with E-state index in [0.717, 1.165) is 17.8 Å². The molecular formula is C15H26OS. The van der Waals surface area contributed by atoms with Crippen molar-refractivity contribution in [2.45, 2.75) is 39.4 Å². The van der Waals surface area contributed by atoms with Crippen molar-refractivity contribution < 1.29 is 4.74 Å². The summed E-state index contributed by atoms with van der Waals surface area (Å²) in [7, 11) is 1.68. The first-order valence-electron chi connectivity index (χ1n) is 5.94. The summed E-state index contributed by atoms with van der Waals surface area (Å²) < 4.78 is 5.19. The van der Waals surface area contributed by atoms with Gasteiger partial charge in [-0.25, -0.2) is 0 Å². The van der Waals surface area contributed by atoms with Crippen LogP contribution in [0, 0.1) is 5.41 Å². The van der Waals surface area contributed by atoms with E-state index in [-0.39, 0.29) is 0 Å². The predicted octanol–water partition coefficient (Wildman–Crippen LogP) is 4.82. The van der Waals surface area contributed by atoms with Crippen LogP contribution in [0.1, 0.15) is 34.1 Å². The molecule has 0 spiro atoms. The quantitative estimate of drug-likeness (QED) is 0.496. The standard InChI is InChI=1S/C15H26OS/c1-8-13(16-6)10-9-12(2)14(17-7)11-15(3,4)5/h8-10,14H,2,11H2,1,3-7H3/b10-9-,13-8+. The van der Waals surface area contributed by atoms with E-state index >= 15 is 0 Å². The first-order chi connectivity index (χ1) is 7.84. The SMILES string of the molecule is C=C(/C=C\C(=C/C)OC)C(CC(C)(C)C)SC. The Balaban J connectivity index is 4.56. The van der Waals surface area contributed by atoms with Crippen LogP contribution in [-0.4, -0.2) is 18.6 Å². The first kappa shape index (κ1) is 16.4. The summed E-state index contributed by atoms with van der Waals surface area (Å²) in [5.41, 5.74) is 1.48. The van der Waals surface area contributed by atoms with Gasteiger partial charge in [-0.15, -0.1) is 0 Å². The average molecular weight is 254 g/mol. The van der Waals surface area contributed by atoms with E-state index in [9.17, 15) is 0 Å². The van der Waals surface area contributed by atoms with E-state index in [4.69, 9.17) is 4.74 Å². The van der Waals surface area contributed by atoms with Crippen molar-refractivity contribution in [3.05, 3.63) is 36.1 Å². The maximum Gasteiger partial charge on any atom is 0.114 e. The third-order valence-electron chi connectivity index (χ3n) is 2.48.